The molecule has 0 aliphatic heterocycles. The van der Waals surface area contributed by atoms with Crippen LogP contribution < -0.4 is 9.47 Å². The van der Waals surface area contributed by atoms with Crippen LogP contribution in [0.2, 0.25) is 0 Å². The molecular formula is C21H29N2O2S2+. The fraction of sp³-hybridized carbons (Fsp3) is 0.381. The molecule has 0 unspecified atom stereocenters. The molecule has 0 aliphatic carbocycles. The van der Waals surface area contributed by atoms with Gasteiger partial charge in [-0.2, -0.15) is 4.57 Å². The van der Waals surface area contributed by atoms with Gasteiger partial charge in [0.2, 0.25) is 5.69 Å². The van der Waals surface area contributed by atoms with E-state index < -0.39 is 0 Å². The second kappa shape index (κ2) is 12.8. The summed E-state index contributed by atoms with van der Waals surface area (Å²) in [6, 6.07) is 14.5. The number of rotatable bonds is 12. The van der Waals surface area contributed by atoms with Crippen LogP contribution in [-0.4, -0.2) is 48.0 Å². The lowest BCUT2D eigenvalue weighted by Crippen LogP contribution is -2.37. The zero-order valence-electron chi connectivity index (χ0n) is 15.8. The van der Waals surface area contributed by atoms with Gasteiger partial charge in [0.15, 0.2) is 12.7 Å². The van der Waals surface area contributed by atoms with Gasteiger partial charge in [0, 0.05) is 42.7 Å². The summed E-state index contributed by atoms with van der Waals surface area (Å²) < 4.78 is 2.28. The van der Waals surface area contributed by atoms with Gasteiger partial charge in [0.1, 0.15) is 0 Å². The van der Waals surface area contributed by atoms with E-state index in [1.54, 1.807) is 0 Å². The van der Waals surface area contributed by atoms with Crippen molar-refractivity contribution in [2.75, 3.05) is 42.7 Å². The third-order valence-electron chi connectivity index (χ3n) is 4.04. The van der Waals surface area contributed by atoms with Crippen LogP contribution in [0, 0.1) is 0 Å². The van der Waals surface area contributed by atoms with Crippen molar-refractivity contribution in [3.8, 4) is 0 Å². The van der Waals surface area contributed by atoms with Gasteiger partial charge in [-0.1, -0.05) is 40.6 Å². The molecule has 1 aromatic heterocycles. The molecule has 0 radical (unpaired) electrons. The Bertz CT molecular complexity index is 687. The SMILES string of the molecule is CCSSCC[n+]1ccccc1/C=C/c1ccc(N(CCO)CCO)cc1. The van der Waals surface area contributed by atoms with E-state index in [-0.39, 0.29) is 13.2 Å². The van der Waals surface area contributed by atoms with Gasteiger partial charge in [-0.3, -0.25) is 0 Å². The Morgan fingerprint density at radius 3 is 2.37 bits per heavy atom. The maximum Gasteiger partial charge on any atom is 0.205 e. The van der Waals surface area contributed by atoms with Crippen LogP contribution in [0.3, 0.4) is 0 Å². The fourth-order valence-corrected chi connectivity index (χ4v) is 4.34. The van der Waals surface area contributed by atoms with Crippen molar-refractivity contribution in [1.82, 2.24) is 0 Å². The first-order valence-electron chi connectivity index (χ1n) is 9.26. The largest absolute Gasteiger partial charge is 0.395 e. The average molecular weight is 406 g/mol. The zero-order chi connectivity index (χ0) is 19.3. The van der Waals surface area contributed by atoms with Gasteiger partial charge < -0.3 is 15.1 Å². The van der Waals surface area contributed by atoms with Crippen LogP contribution in [0.15, 0.2) is 48.7 Å². The highest BCUT2D eigenvalue weighted by Crippen LogP contribution is 2.19. The molecule has 2 aromatic rings. The Morgan fingerprint density at radius 2 is 1.70 bits per heavy atom. The molecule has 0 saturated carbocycles. The molecule has 27 heavy (non-hydrogen) atoms. The summed E-state index contributed by atoms with van der Waals surface area (Å²) in [6.07, 6.45) is 6.39. The molecule has 0 spiro atoms. The van der Waals surface area contributed by atoms with Crippen molar-refractivity contribution in [3.63, 3.8) is 0 Å². The Hall–Kier alpha value is -1.47. The fourth-order valence-electron chi connectivity index (χ4n) is 2.71. The predicted octanol–water partition coefficient (Wildman–Crippen LogP) is 3.34. The summed E-state index contributed by atoms with van der Waals surface area (Å²) in [5, 5.41) is 18.3. The van der Waals surface area contributed by atoms with Crippen molar-refractivity contribution in [3.05, 3.63) is 59.9 Å². The molecule has 0 fully saturated rings. The summed E-state index contributed by atoms with van der Waals surface area (Å²) in [6.45, 7) is 4.37. The van der Waals surface area contributed by atoms with Crippen molar-refractivity contribution < 1.29 is 14.8 Å². The van der Waals surface area contributed by atoms with Crippen molar-refractivity contribution >= 4 is 39.4 Å². The molecule has 0 amide bonds. The molecule has 6 heteroatoms. The first-order chi connectivity index (χ1) is 13.3. The Labute approximate surface area is 170 Å². The van der Waals surface area contributed by atoms with Crippen LogP contribution in [0.5, 0.6) is 0 Å². The Morgan fingerprint density at radius 1 is 0.963 bits per heavy atom. The number of nitrogens with zero attached hydrogens (tertiary/aromatic N) is 2. The average Bonchev–Trinajstić information content (AvgIpc) is 2.71. The topological polar surface area (TPSA) is 47.6 Å². The van der Waals surface area contributed by atoms with E-state index in [4.69, 9.17) is 10.2 Å². The molecular weight excluding hydrogens is 376 g/mol. The van der Waals surface area contributed by atoms with Gasteiger partial charge in [0.05, 0.1) is 19.0 Å². The number of benzene rings is 1. The normalized spacial score (nSPS) is 11.2. The van der Waals surface area contributed by atoms with E-state index in [1.807, 2.05) is 38.6 Å². The highest BCUT2D eigenvalue weighted by atomic mass is 33.1. The van der Waals surface area contributed by atoms with Crippen LogP contribution >= 0.6 is 21.6 Å². The summed E-state index contributed by atoms with van der Waals surface area (Å²) in [5.74, 6) is 2.23. The minimum atomic E-state index is 0.0741. The molecule has 0 atom stereocenters. The molecule has 2 rings (SSSR count). The number of aliphatic hydroxyl groups is 2. The van der Waals surface area contributed by atoms with Crippen LogP contribution in [0.1, 0.15) is 18.2 Å². The summed E-state index contributed by atoms with van der Waals surface area (Å²) >= 11 is 0. The van der Waals surface area contributed by atoms with Gasteiger partial charge in [-0.05, 0) is 29.8 Å². The Kier molecular flexibility index (Phi) is 10.4. The number of anilines is 1. The Balaban J connectivity index is 2.03. The third-order valence-corrected chi connectivity index (χ3v) is 6.50. The van der Waals surface area contributed by atoms with Crippen LogP contribution in [0.4, 0.5) is 5.69 Å². The van der Waals surface area contributed by atoms with Crippen molar-refractivity contribution in [2.24, 2.45) is 0 Å². The standard InChI is InChI=1S/C21H29N2O2S2/c1-2-26-27-18-15-22-12-4-3-5-20(22)9-6-19-7-10-21(11-8-19)23(13-16-24)14-17-25/h3-12,24-25H,2,13-18H2,1H3/q+1. The lowest BCUT2D eigenvalue weighted by atomic mass is 10.1. The van der Waals surface area contributed by atoms with Gasteiger partial charge in [0.25, 0.3) is 0 Å². The van der Waals surface area contributed by atoms with E-state index in [2.05, 4.69) is 60.2 Å². The van der Waals surface area contributed by atoms with Crippen LogP contribution in [0.25, 0.3) is 12.2 Å². The predicted molar refractivity (Wildman–Crippen MR) is 119 cm³/mol. The quantitative estimate of drug-likeness (QED) is 0.322. The molecule has 1 heterocycles. The van der Waals surface area contributed by atoms with E-state index in [0.717, 1.165) is 29.3 Å². The highest BCUT2D eigenvalue weighted by Gasteiger charge is 2.07. The minimum Gasteiger partial charge on any atom is -0.395 e. The van der Waals surface area contributed by atoms with Crippen molar-refractivity contribution in [2.45, 2.75) is 13.5 Å². The van der Waals surface area contributed by atoms with E-state index in [9.17, 15) is 0 Å². The van der Waals surface area contributed by atoms with Crippen molar-refractivity contribution in [1.29, 1.82) is 0 Å². The first-order valence-corrected chi connectivity index (χ1v) is 11.7. The number of aryl methyl sites for hydroxylation is 1. The lowest BCUT2D eigenvalue weighted by molar-refractivity contribution is -0.694. The van der Waals surface area contributed by atoms with Gasteiger partial charge in [-0.15, -0.1) is 0 Å². The second-order valence-corrected chi connectivity index (χ2v) is 8.78. The van der Waals surface area contributed by atoms with Crippen LogP contribution in [-0.2, 0) is 6.54 Å². The third kappa shape index (κ3) is 7.58. The molecule has 0 aliphatic rings. The molecule has 146 valence electrons. The molecule has 4 nitrogen and oxygen atoms in total. The zero-order valence-corrected chi connectivity index (χ0v) is 17.5. The lowest BCUT2D eigenvalue weighted by Gasteiger charge is -2.22. The molecule has 0 saturated heterocycles. The number of pyridine rings is 1. The highest BCUT2D eigenvalue weighted by molar-refractivity contribution is 8.76. The summed E-state index contributed by atoms with van der Waals surface area (Å²) in [4.78, 5) is 1.98. The molecule has 2 N–H and O–H groups in total. The number of hydrogen-bond donors (Lipinski definition) is 2. The number of aromatic nitrogens is 1. The van der Waals surface area contributed by atoms with Gasteiger partial charge >= 0.3 is 0 Å². The maximum absolute atomic E-state index is 9.17. The minimum absolute atomic E-state index is 0.0741. The molecule has 1 aromatic carbocycles. The number of aliphatic hydroxyl groups excluding tert-OH is 2. The molecule has 0 bridgehead atoms. The number of hydrogen-bond acceptors (Lipinski definition) is 5. The summed E-state index contributed by atoms with van der Waals surface area (Å²) in [7, 11) is 3.82. The maximum atomic E-state index is 9.17. The van der Waals surface area contributed by atoms with E-state index in [0.29, 0.717) is 13.1 Å². The van der Waals surface area contributed by atoms with Gasteiger partial charge in [-0.25, -0.2) is 0 Å². The summed E-state index contributed by atoms with van der Waals surface area (Å²) in [5.41, 5.74) is 3.32. The monoisotopic (exact) mass is 405 g/mol. The van der Waals surface area contributed by atoms with E-state index >= 15 is 0 Å². The van der Waals surface area contributed by atoms with E-state index in [1.165, 1.54) is 5.69 Å². The second-order valence-electron chi connectivity index (χ2n) is 5.91. The first kappa shape index (κ1) is 21.8. The smallest absolute Gasteiger partial charge is 0.205 e.